The second-order valence-corrected chi connectivity index (χ2v) is 7.49. The van der Waals surface area contributed by atoms with Gasteiger partial charge in [0.05, 0.1) is 22.3 Å². The molecule has 0 fully saturated rings. The van der Waals surface area contributed by atoms with Crippen LogP contribution in [0, 0.1) is 13.8 Å². The summed E-state index contributed by atoms with van der Waals surface area (Å²) in [5.41, 5.74) is 14.6. The van der Waals surface area contributed by atoms with Crippen LogP contribution in [0.3, 0.4) is 0 Å². The van der Waals surface area contributed by atoms with Gasteiger partial charge in [-0.25, -0.2) is 4.98 Å². The summed E-state index contributed by atoms with van der Waals surface area (Å²) in [5.74, 6) is 0.890. The molecule has 0 aliphatic carbocycles. The van der Waals surface area contributed by atoms with Gasteiger partial charge in [-0.05, 0) is 37.1 Å². The molecule has 9 heteroatoms. The van der Waals surface area contributed by atoms with Crippen LogP contribution >= 0.6 is 11.8 Å². The van der Waals surface area contributed by atoms with Gasteiger partial charge in [0.15, 0.2) is 5.16 Å². The molecule has 0 radical (unpaired) electrons. The van der Waals surface area contributed by atoms with Crippen LogP contribution in [0.2, 0.25) is 0 Å². The van der Waals surface area contributed by atoms with Crippen molar-refractivity contribution in [1.29, 1.82) is 0 Å². The fourth-order valence-electron chi connectivity index (χ4n) is 3.22. The number of nitrogens with two attached hydrogens (primary N) is 2. The van der Waals surface area contributed by atoms with Crippen molar-refractivity contribution in [2.24, 2.45) is 0 Å². The molecular weight excluding hydrogens is 386 g/mol. The van der Waals surface area contributed by atoms with Gasteiger partial charge in [-0.3, -0.25) is 9.36 Å². The van der Waals surface area contributed by atoms with Crippen LogP contribution in [0.1, 0.15) is 17.0 Å². The van der Waals surface area contributed by atoms with Crippen LogP contribution < -0.4 is 17.0 Å². The van der Waals surface area contributed by atoms with Crippen LogP contribution in [0.4, 0.5) is 11.9 Å². The van der Waals surface area contributed by atoms with Crippen LogP contribution in [0.25, 0.3) is 16.6 Å². The number of hydrogen-bond acceptors (Lipinski definition) is 8. The van der Waals surface area contributed by atoms with Gasteiger partial charge in [-0.15, -0.1) is 0 Å². The quantitative estimate of drug-likeness (QED) is 0.392. The second kappa shape index (κ2) is 7.51. The molecule has 0 saturated carbocycles. The zero-order valence-corrected chi connectivity index (χ0v) is 16.8. The highest BCUT2D eigenvalue weighted by atomic mass is 32.2. The number of thioether (sulfide) groups is 1. The fraction of sp³-hybridized carbons (Fsp3) is 0.150. The predicted octanol–water partition coefficient (Wildman–Crippen LogP) is 2.64. The molecule has 0 bridgehead atoms. The van der Waals surface area contributed by atoms with E-state index in [9.17, 15) is 4.79 Å². The number of nitrogen functional groups attached to an aromatic ring is 2. The number of fused-ring (bicyclic) bond motifs is 1. The molecule has 0 spiro atoms. The molecule has 0 aliphatic rings. The van der Waals surface area contributed by atoms with Crippen LogP contribution in [-0.4, -0.2) is 24.5 Å². The van der Waals surface area contributed by atoms with Crippen molar-refractivity contribution >= 4 is 34.6 Å². The zero-order valence-electron chi connectivity index (χ0n) is 16.0. The summed E-state index contributed by atoms with van der Waals surface area (Å²) in [7, 11) is 0. The Labute approximate surface area is 171 Å². The van der Waals surface area contributed by atoms with Crippen molar-refractivity contribution in [3.63, 3.8) is 0 Å². The Bertz CT molecular complexity index is 1250. The summed E-state index contributed by atoms with van der Waals surface area (Å²) in [5, 5.41) is 1.11. The van der Waals surface area contributed by atoms with Gasteiger partial charge in [-0.1, -0.05) is 42.1 Å². The van der Waals surface area contributed by atoms with E-state index in [4.69, 9.17) is 16.5 Å². The molecule has 0 atom stereocenters. The SMILES string of the molecule is Cc1cccc(C)c1-n1c(SCc2nc(N)nc(N)n2)nc2ccccc2c1=O. The standard InChI is InChI=1S/C20H19N7OS/c1-11-6-5-7-12(2)16(11)27-17(28)13-8-3-4-9-14(13)23-20(27)29-10-15-24-18(21)26-19(22)25-15/h3-9H,10H2,1-2H3,(H4,21,22,24,25,26). The zero-order chi connectivity index (χ0) is 20.5. The minimum absolute atomic E-state index is 0.0618. The molecule has 0 unspecified atom stereocenters. The number of hydrogen-bond donors (Lipinski definition) is 2. The van der Waals surface area contributed by atoms with E-state index in [2.05, 4.69) is 15.0 Å². The fourth-order valence-corrected chi connectivity index (χ4v) is 4.07. The molecule has 8 nitrogen and oxygen atoms in total. The summed E-state index contributed by atoms with van der Waals surface area (Å²) in [6.45, 7) is 3.96. The highest BCUT2D eigenvalue weighted by Crippen LogP contribution is 2.27. The third-order valence-electron chi connectivity index (χ3n) is 4.45. The number of anilines is 2. The van der Waals surface area contributed by atoms with Crippen LogP contribution in [-0.2, 0) is 5.75 Å². The Morgan fingerprint density at radius 2 is 1.55 bits per heavy atom. The summed E-state index contributed by atoms with van der Waals surface area (Å²) < 4.78 is 1.66. The lowest BCUT2D eigenvalue weighted by Gasteiger charge is -2.17. The molecule has 0 saturated heterocycles. The minimum atomic E-state index is -0.120. The lowest BCUT2D eigenvalue weighted by atomic mass is 10.1. The second-order valence-electron chi connectivity index (χ2n) is 6.55. The van der Waals surface area contributed by atoms with E-state index in [1.165, 1.54) is 11.8 Å². The third kappa shape index (κ3) is 3.64. The molecule has 4 aromatic rings. The summed E-state index contributed by atoms with van der Waals surface area (Å²) in [6.07, 6.45) is 0. The van der Waals surface area contributed by atoms with Gasteiger partial charge >= 0.3 is 0 Å². The Hall–Kier alpha value is -3.46. The van der Waals surface area contributed by atoms with Gasteiger partial charge in [0, 0.05) is 0 Å². The van der Waals surface area contributed by atoms with Crippen LogP contribution in [0.5, 0.6) is 0 Å². The number of para-hydroxylation sites is 2. The monoisotopic (exact) mass is 405 g/mol. The minimum Gasteiger partial charge on any atom is -0.368 e. The number of aromatic nitrogens is 5. The normalized spacial score (nSPS) is 11.1. The van der Waals surface area contributed by atoms with Gasteiger partial charge in [0.1, 0.15) is 5.82 Å². The smallest absolute Gasteiger partial charge is 0.266 e. The third-order valence-corrected chi connectivity index (χ3v) is 5.39. The number of nitrogens with zero attached hydrogens (tertiary/aromatic N) is 5. The lowest BCUT2D eigenvalue weighted by molar-refractivity contribution is 0.807. The molecule has 29 heavy (non-hydrogen) atoms. The Morgan fingerprint density at radius 3 is 2.24 bits per heavy atom. The molecule has 2 aromatic carbocycles. The maximum atomic E-state index is 13.4. The Kier molecular flexibility index (Phi) is 4.89. The van der Waals surface area contributed by atoms with E-state index >= 15 is 0 Å². The maximum Gasteiger partial charge on any atom is 0.266 e. The van der Waals surface area contributed by atoms with Gasteiger partial charge in [0.2, 0.25) is 11.9 Å². The first-order chi connectivity index (χ1) is 13.9. The van der Waals surface area contributed by atoms with Gasteiger partial charge in [0.25, 0.3) is 5.56 Å². The van der Waals surface area contributed by atoms with Crippen LogP contribution in [0.15, 0.2) is 52.4 Å². The molecule has 0 aliphatic heterocycles. The number of rotatable bonds is 4. The lowest BCUT2D eigenvalue weighted by Crippen LogP contribution is -2.23. The van der Waals surface area contributed by atoms with E-state index in [1.54, 1.807) is 10.6 Å². The van der Waals surface area contributed by atoms with E-state index in [0.717, 1.165) is 16.8 Å². The van der Waals surface area contributed by atoms with Crippen molar-refractivity contribution in [3.05, 3.63) is 69.8 Å². The number of benzene rings is 2. The molecule has 4 rings (SSSR count). The average Bonchev–Trinajstić information content (AvgIpc) is 2.67. The topological polar surface area (TPSA) is 126 Å². The summed E-state index contributed by atoms with van der Waals surface area (Å²) in [6, 6.07) is 13.2. The van der Waals surface area contributed by atoms with Crippen molar-refractivity contribution in [2.75, 3.05) is 11.5 Å². The molecular formula is C20H19N7OS. The molecule has 2 aromatic heterocycles. The Balaban J connectivity index is 1.89. The largest absolute Gasteiger partial charge is 0.368 e. The first kappa shape index (κ1) is 18.9. The predicted molar refractivity (Wildman–Crippen MR) is 115 cm³/mol. The van der Waals surface area contributed by atoms with Crippen molar-refractivity contribution < 1.29 is 0 Å². The summed E-state index contributed by atoms with van der Waals surface area (Å²) in [4.78, 5) is 30.2. The maximum absolute atomic E-state index is 13.4. The first-order valence-electron chi connectivity index (χ1n) is 8.91. The summed E-state index contributed by atoms with van der Waals surface area (Å²) >= 11 is 1.35. The van der Waals surface area contributed by atoms with Crippen molar-refractivity contribution in [1.82, 2.24) is 24.5 Å². The first-order valence-corrected chi connectivity index (χ1v) is 9.89. The molecule has 146 valence electrons. The molecule has 4 N–H and O–H groups in total. The van der Waals surface area contributed by atoms with E-state index in [0.29, 0.717) is 27.6 Å². The molecule has 0 amide bonds. The van der Waals surface area contributed by atoms with Gasteiger partial charge < -0.3 is 11.5 Å². The van der Waals surface area contributed by atoms with E-state index in [-0.39, 0.29) is 17.5 Å². The van der Waals surface area contributed by atoms with Gasteiger partial charge in [-0.2, -0.15) is 15.0 Å². The average molecular weight is 405 g/mol. The van der Waals surface area contributed by atoms with Crippen molar-refractivity contribution in [3.8, 4) is 5.69 Å². The number of aryl methyl sites for hydroxylation is 2. The Morgan fingerprint density at radius 1 is 0.897 bits per heavy atom. The highest BCUT2D eigenvalue weighted by molar-refractivity contribution is 7.98. The molecule has 2 heterocycles. The highest BCUT2D eigenvalue weighted by Gasteiger charge is 2.17. The van der Waals surface area contributed by atoms with Crippen molar-refractivity contribution in [2.45, 2.75) is 24.8 Å². The van der Waals surface area contributed by atoms with E-state index in [1.807, 2.05) is 50.2 Å². The van der Waals surface area contributed by atoms with E-state index < -0.39 is 0 Å².